The van der Waals surface area contributed by atoms with Crippen LogP contribution in [-0.2, 0) is 21.4 Å². The van der Waals surface area contributed by atoms with Gasteiger partial charge in [0.25, 0.3) is 0 Å². The van der Waals surface area contributed by atoms with Crippen LogP contribution in [0, 0.1) is 0 Å². The smallest absolute Gasteiger partial charge is 0.322 e. The topological polar surface area (TPSA) is 52.6 Å². The molecule has 0 saturated heterocycles. The van der Waals surface area contributed by atoms with E-state index in [2.05, 4.69) is 35.7 Å². The number of hydrogen-bond acceptors (Lipinski definition) is 4. The van der Waals surface area contributed by atoms with Gasteiger partial charge in [-0.1, -0.05) is 120 Å². The number of benzene rings is 2. The Bertz CT molecular complexity index is 897. The van der Waals surface area contributed by atoms with Crippen molar-refractivity contribution in [2.75, 3.05) is 5.33 Å². The highest BCUT2D eigenvalue weighted by Crippen LogP contribution is 2.44. The zero-order valence-electron chi connectivity index (χ0n) is 22.8. The van der Waals surface area contributed by atoms with Gasteiger partial charge in [0.05, 0.1) is 6.42 Å². The number of esters is 2. The Morgan fingerprint density at radius 1 is 0.784 bits per heavy atom. The van der Waals surface area contributed by atoms with E-state index in [0.717, 1.165) is 16.5 Å². The maximum Gasteiger partial charge on any atom is 0.322 e. The molecule has 0 aromatic heterocycles. The zero-order valence-corrected chi connectivity index (χ0v) is 24.4. The molecule has 4 rings (SSSR count). The van der Waals surface area contributed by atoms with Gasteiger partial charge in [-0.05, 0) is 25.0 Å². The molecule has 2 aromatic rings. The highest BCUT2D eigenvalue weighted by molar-refractivity contribution is 9.09. The third-order valence-corrected chi connectivity index (χ3v) is 5.08. The normalized spacial score (nSPS) is 12.2. The summed E-state index contributed by atoms with van der Waals surface area (Å²) in [6.07, 6.45) is 6.89. The van der Waals surface area contributed by atoms with E-state index in [1.165, 1.54) is 0 Å². The molecule has 0 saturated carbocycles. The maximum absolute atomic E-state index is 12.0. The van der Waals surface area contributed by atoms with Gasteiger partial charge in [0.15, 0.2) is 0 Å². The number of alkyl halides is 1. The van der Waals surface area contributed by atoms with Crippen LogP contribution in [0.5, 0.6) is 11.5 Å². The monoisotopic (exact) mass is 574 g/mol. The van der Waals surface area contributed by atoms with E-state index in [9.17, 15) is 9.59 Å². The van der Waals surface area contributed by atoms with Crippen molar-refractivity contribution in [3.63, 3.8) is 0 Å². The van der Waals surface area contributed by atoms with Crippen LogP contribution in [0.25, 0.3) is 0 Å². The van der Waals surface area contributed by atoms with Gasteiger partial charge in [-0.25, -0.2) is 0 Å². The Morgan fingerprint density at radius 3 is 1.70 bits per heavy atom. The summed E-state index contributed by atoms with van der Waals surface area (Å²) in [4.78, 5) is 22.7. The van der Waals surface area contributed by atoms with Crippen LogP contribution in [0.3, 0.4) is 0 Å². The van der Waals surface area contributed by atoms with Crippen LogP contribution in [0.1, 0.15) is 72.9 Å². The van der Waals surface area contributed by atoms with Gasteiger partial charge in [0, 0.05) is 16.5 Å². The lowest BCUT2D eigenvalue weighted by atomic mass is 9.76. The molecule has 2 aliphatic heterocycles. The number of ether oxygens (including phenoxy) is 2. The quantitative estimate of drug-likeness (QED) is 0.154. The van der Waals surface area contributed by atoms with Gasteiger partial charge in [-0.3, -0.25) is 9.59 Å². The second-order valence-corrected chi connectivity index (χ2v) is 7.30. The van der Waals surface area contributed by atoms with Crippen molar-refractivity contribution in [2.24, 2.45) is 0 Å². The number of fused-ring (bicyclic) bond motifs is 2. The van der Waals surface area contributed by atoms with Crippen molar-refractivity contribution < 1.29 is 19.1 Å². The van der Waals surface area contributed by atoms with E-state index in [4.69, 9.17) is 9.47 Å². The predicted octanol–water partition coefficient (Wildman–Crippen LogP) is 9.43. The average molecular weight is 576 g/mol. The molecule has 37 heavy (non-hydrogen) atoms. The van der Waals surface area contributed by atoms with Gasteiger partial charge in [0.1, 0.15) is 16.9 Å². The highest BCUT2D eigenvalue weighted by Gasteiger charge is 2.46. The van der Waals surface area contributed by atoms with Gasteiger partial charge >= 0.3 is 11.9 Å². The number of rotatable bonds is 5. The van der Waals surface area contributed by atoms with Crippen molar-refractivity contribution >= 4 is 27.9 Å². The summed E-state index contributed by atoms with van der Waals surface area (Å²) in [6.45, 7) is 22.9. The first-order valence-corrected chi connectivity index (χ1v) is 13.6. The summed E-state index contributed by atoms with van der Waals surface area (Å²) in [6, 6.07) is 15.0. The van der Waals surface area contributed by atoms with Crippen LogP contribution >= 0.6 is 15.9 Å². The molecule has 5 heteroatoms. The van der Waals surface area contributed by atoms with Crippen LogP contribution in [0.15, 0.2) is 86.5 Å². The third kappa shape index (κ3) is 11.8. The summed E-state index contributed by atoms with van der Waals surface area (Å²) in [5.41, 5.74) is 1.33. The van der Waals surface area contributed by atoms with Crippen molar-refractivity contribution in [2.45, 2.75) is 73.6 Å². The first kappa shape index (κ1) is 38.6. The summed E-state index contributed by atoms with van der Waals surface area (Å²) in [5.74, 6) is 1.03. The Balaban J connectivity index is -0.000000474. The summed E-state index contributed by atoms with van der Waals surface area (Å²) in [5, 5.41) is 0.896. The number of allylic oxidation sites excluding steroid dienone is 3. The number of carbonyl (C=O) groups excluding carboxylic acids is 2. The van der Waals surface area contributed by atoms with E-state index in [-0.39, 0.29) is 19.4 Å². The minimum absolute atomic E-state index is 0. The molecule has 0 unspecified atom stereocenters. The number of hydrogen-bond donors (Lipinski definition) is 0. The molecule has 206 valence electrons. The summed E-state index contributed by atoms with van der Waals surface area (Å²) in [7, 11) is 0. The predicted molar refractivity (Wildman–Crippen MR) is 164 cm³/mol. The molecule has 0 fully saturated rings. The van der Waals surface area contributed by atoms with Crippen molar-refractivity contribution in [3.8, 4) is 11.5 Å². The fourth-order valence-electron chi connectivity index (χ4n) is 3.28. The lowest BCUT2D eigenvalue weighted by molar-refractivity contribution is -0.138. The Hall–Kier alpha value is -2.92. The van der Waals surface area contributed by atoms with Crippen molar-refractivity contribution in [1.82, 2.24) is 0 Å². The molecule has 0 radical (unpaired) electrons. The van der Waals surface area contributed by atoms with E-state index in [0.29, 0.717) is 30.8 Å². The number of para-hydroxylation sites is 2. The molecule has 2 aliphatic rings. The molecular formula is C32H47BrO4. The standard InChI is InChI=1S/C14H14O2.C8H6O2.C3H5Br.3C2H6.CH4/c1-3-9-14(10-4-2)11-7-5-6-8-12(11)16-13(14)15;9-8-5-6-3-1-2-4-7(6)10-8;1-2-3-4;3*1-2;/h3-8H,1-2,9-10H2;1-4H,5H2;2H,1,3H2;3*1-2H3;1H4. The third-order valence-electron chi connectivity index (χ3n) is 4.62. The van der Waals surface area contributed by atoms with Crippen LogP contribution in [0.4, 0.5) is 0 Å². The van der Waals surface area contributed by atoms with Gasteiger partial charge in [-0.2, -0.15) is 0 Å². The number of halogens is 1. The molecule has 0 bridgehead atoms. The fourth-order valence-corrected chi connectivity index (χ4v) is 3.28. The summed E-state index contributed by atoms with van der Waals surface area (Å²) < 4.78 is 10.2. The molecule has 0 N–H and O–H groups in total. The second kappa shape index (κ2) is 23.5. The van der Waals surface area contributed by atoms with Crippen molar-refractivity contribution in [1.29, 1.82) is 0 Å². The van der Waals surface area contributed by atoms with Crippen LogP contribution in [0.2, 0.25) is 0 Å². The summed E-state index contributed by atoms with van der Waals surface area (Å²) >= 11 is 3.13. The largest absolute Gasteiger partial charge is 0.426 e. The minimum atomic E-state index is -0.611. The van der Waals surface area contributed by atoms with Crippen molar-refractivity contribution in [3.05, 3.63) is 97.6 Å². The van der Waals surface area contributed by atoms with Gasteiger partial charge in [0.2, 0.25) is 0 Å². The molecular weight excluding hydrogens is 528 g/mol. The molecule has 0 aliphatic carbocycles. The SMILES string of the molecule is C.C=CCBr.C=CCC1(CC=C)C(=O)Oc2ccccc21.CC.CC.CC.O=C1Cc2ccccc2O1. The van der Waals surface area contributed by atoms with Crippen LogP contribution < -0.4 is 9.47 Å². The molecule has 4 nitrogen and oxygen atoms in total. The van der Waals surface area contributed by atoms with Gasteiger partial charge in [-0.15, -0.1) is 19.7 Å². The highest BCUT2D eigenvalue weighted by atomic mass is 79.9. The first-order chi connectivity index (χ1) is 17.5. The Morgan fingerprint density at radius 2 is 1.24 bits per heavy atom. The van der Waals surface area contributed by atoms with E-state index >= 15 is 0 Å². The molecule has 0 spiro atoms. The molecule has 2 aromatic carbocycles. The lowest BCUT2D eigenvalue weighted by Gasteiger charge is -2.22. The van der Waals surface area contributed by atoms with E-state index < -0.39 is 5.41 Å². The van der Waals surface area contributed by atoms with E-state index in [1.807, 2.05) is 84.0 Å². The second-order valence-electron chi connectivity index (χ2n) is 6.65. The molecule has 0 atom stereocenters. The fraction of sp³-hybridized carbons (Fsp3) is 0.375. The van der Waals surface area contributed by atoms with Gasteiger partial charge < -0.3 is 9.47 Å². The molecule has 0 amide bonds. The Kier molecular flexibility index (Phi) is 24.5. The average Bonchev–Trinajstić information content (AvgIpc) is 3.45. The minimum Gasteiger partial charge on any atom is -0.426 e. The Labute approximate surface area is 234 Å². The molecule has 2 heterocycles. The maximum atomic E-state index is 12.0. The zero-order chi connectivity index (χ0) is 28.0. The lowest BCUT2D eigenvalue weighted by Crippen LogP contribution is -2.32. The van der Waals surface area contributed by atoms with Crippen LogP contribution in [-0.4, -0.2) is 17.3 Å². The first-order valence-electron chi connectivity index (χ1n) is 12.5. The van der Waals surface area contributed by atoms with E-state index in [1.54, 1.807) is 24.3 Å². The number of carbonyl (C=O) groups is 2.